The van der Waals surface area contributed by atoms with E-state index in [1.165, 1.54) is 5.56 Å². The van der Waals surface area contributed by atoms with E-state index >= 15 is 0 Å². The molecule has 0 saturated heterocycles. The standard InChI is InChI=1S/C16H16Cl2O/c1-11-4-2-3-5-12(11)9-15(19)10-13-8-14(17)6-7-16(13)18/h2-8,15,19H,9-10H2,1H3. The van der Waals surface area contributed by atoms with Crippen molar-refractivity contribution in [3.63, 3.8) is 0 Å². The van der Waals surface area contributed by atoms with Crippen LogP contribution in [0.1, 0.15) is 16.7 Å². The molecule has 0 aliphatic rings. The molecule has 0 aliphatic heterocycles. The molecule has 19 heavy (non-hydrogen) atoms. The minimum Gasteiger partial charge on any atom is -0.392 e. The lowest BCUT2D eigenvalue weighted by Crippen LogP contribution is -2.14. The number of benzene rings is 2. The fourth-order valence-corrected chi connectivity index (χ4v) is 2.51. The minimum atomic E-state index is -0.461. The largest absolute Gasteiger partial charge is 0.392 e. The highest BCUT2D eigenvalue weighted by Crippen LogP contribution is 2.23. The molecule has 0 spiro atoms. The quantitative estimate of drug-likeness (QED) is 0.883. The van der Waals surface area contributed by atoms with Gasteiger partial charge in [-0.1, -0.05) is 47.5 Å². The smallest absolute Gasteiger partial charge is 0.0621 e. The first-order valence-corrected chi connectivity index (χ1v) is 6.98. The van der Waals surface area contributed by atoms with Crippen molar-refractivity contribution in [3.05, 3.63) is 69.2 Å². The summed E-state index contributed by atoms with van der Waals surface area (Å²) in [6, 6.07) is 13.4. The Bertz CT molecular complexity index is 566. The van der Waals surface area contributed by atoms with E-state index in [1.54, 1.807) is 12.1 Å². The molecule has 1 nitrogen and oxygen atoms in total. The molecule has 0 bridgehead atoms. The topological polar surface area (TPSA) is 20.2 Å². The van der Waals surface area contributed by atoms with Gasteiger partial charge in [-0.05, 0) is 48.2 Å². The Morgan fingerprint density at radius 3 is 2.42 bits per heavy atom. The van der Waals surface area contributed by atoms with Crippen LogP contribution in [0.15, 0.2) is 42.5 Å². The molecule has 3 heteroatoms. The van der Waals surface area contributed by atoms with Crippen molar-refractivity contribution < 1.29 is 5.11 Å². The highest BCUT2D eigenvalue weighted by atomic mass is 35.5. The van der Waals surface area contributed by atoms with Gasteiger partial charge in [0.1, 0.15) is 0 Å². The van der Waals surface area contributed by atoms with Gasteiger partial charge in [-0.25, -0.2) is 0 Å². The van der Waals surface area contributed by atoms with Crippen LogP contribution in [0.3, 0.4) is 0 Å². The zero-order valence-electron chi connectivity index (χ0n) is 10.7. The monoisotopic (exact) mass is 294 g/mol. The molecule has 1 N–H and O–H groups in total. The van der Waals surface area contributed by atoms with Crippen molar-refractivity contribution in [1.82, 2.24) is 0 Å². The van der Waals surface area contributed by atoms with Crippen molar-refractivity contribution in [2.75, 3.05) is 0 Å². The van der Waals surface area contributed by atoms with Gasteiger partial charge in [-0.2, -0.15) is 0 Å². The normalized spacial score (nSPS) is 12.4. The van der Waals surface area contributed by atoms with Crippen LogP contribution in [0.2, 0.25) is 10.0 Å². The molecule has 2 aromatic carbocycles. The van der Waals surface area contributed by atoms with E-state index in [0.717, 1.165) is 11.1 Å². The number of aliphatic hydroxyl groups is 1. The minimum absolute atomic E-state index is 0.461. The van der Waals surface area contributed by atoms with E-state index in [1.807, 2.05) is 24.3 Å². The molecule has 0 radical (unpaired) electrons. The first-order chi connectivity index (χ1) is 9.06. The third-order valence-electron chi connectivity index (χ3n) is 3.18. The van der Waals surface area contributed by atoms with Crippen LogP contribution in [0.25, 0.3) is 0 Å². The zero-order chi connectivity index (χ0) is 13.8. The van der Waals surface area contributed by atoms with Crippen LogP contribution in [0.5, 0.6) is 0 Å². The molecular formula is C16H16Cl2O. The van der Waals surface area contributed by atoms with Gasteiger partial charge >= 0.3 is 0 Å². The molecule has 2 rings (SSSR count). The molecule has 0 saturated carbocycles. The summed E-state index contributed by atoms with van der Waals surface area (Å²) in [5, 5.41) is 11.5. The van der Waals surface area contributed by atoms with Gasteiger partial charge in [0, 0.05) is 16.5 Å². The number of halogens is 2. The Morgan fingerprint density at radius 2 is 1.68 bits per heavy atom. The van der Waals surface area contributed by atoms with Gasteiger partial charge in [0.25, 0.3) is 0 Å². The van der Waals surface area contributed by atoms with Gasteiger partial charge in [-0.3, -0.25) is 0 Å². The molecule has 0 amide bonds. The van der Waals surface area contributed by atoms with Crippen LogP contribution >= 0.6 is 23.2 Å². The van der Waals surface area contributed by atoms with Gasteiger partial charge < -0.3 is 5.11 Å². The predicted molar refractivity (Wildman–Crippen MR) is 81.1 cm³/mol. The lowest BCUT2D eigenvalue weighted by atomic mass is 9.98. The van der Waals surface area contributed by atoms with Crippen molar-refractivity contribution >= 4 is 23.2 Å². The second-order valence-electron chi connectivity index (χ2n) is 4.72. The summed E-state index contributed by atoms with van der Waals surface area (Å²) in [6.07, 6.45) is 0.667. The highest BCUT2D eigenvalue weighted by molar-refractivity contribution is 6.33. The molecule has 0 aliphatic carbocycles. The third-order valence-corrected chi connectivity index (χ3v) is 3.78. The van der Waals surface area contributed by atoms with Crippen LogP contribution in [0.4, 0.5) is 0 Å². The maximum Gasteiger partial charge on any atom is 0.0621 e. The summed E-state index contributed by atoms with van der Waals surface area (Å²) in [7, 11) is 0. The maximum absolute atomic E-state index is 10.2. The van der Waals surface area contributed by atoms with Crippen LogP contribution in [0, 0.1) is 6.92 Å². The Labute approximate surface area is 123 Å². The van der Waals surface area contributed by atoms with E-state index in [-0.39, 0.29) is 0 Å². The number of hydrogen-bond acceptors (Lipinski definition) is 1. The predicted octanol–water partition coefficient (Wildman–Crippen LogP) is 4.45. The molecule has 2 aromatic rings. The molecule has 1 atom stereocenters. The Balaban J connectivity index is 2.07. The Morgan fingerprint density at radius 1 is 1.00 bits per heavy atom. The third kappa shape index (κ3) is 3.97. The molecule has 100 valence electrons. The maximum atomic E-state index is 10.2. The average molecular weight is 295 g/mol. The summed E-state index contributed by atoms with van der Waals surface area (Å²) in [6.45, 7) is 2.05. The van der Waals surface area contributed by atoms with Gasteiger partial charge in [0.2, 0.25) is 0 Å². The fourth-order valence-electron chi connectivity index (χ4n) is 2.12. The van der Waals surface area contributed by atoms with Gasteiger partial charge in [0.15, 0.2) is 0 Å². The lowest BCUT2D eigenvalue weighted by Gasteiger charge is -2.13. The van der Waals surface area contributed by atoms with E-state index in [4.69, 9.17) is 23.2 Å². The zero-order valence-corrected chi connectivity index (χ0v) is 12.2. The molecule has 0 aromatic heterocycles. The average Bonchev–Trinajstić information content (AvgIpc) is 2.37. The first kappa shape index (κ1) is 14.4. The Kier molecular flexibility index (Phi) is 4.87. The number of hydrogen-bond donors (Lipinski definition) is 1. The summed E-state index contributed by atoms with van der Waals surface area (Å²) < 4.78 is 0. The Hall–Kier alpha value is -1.02. The van der Waals surface area contributed by atoms with Crippen molar-refractivity contribution in [2.45, 2.75) is 25.9 Å². The number of aliphatic hydroxyl groups excluding tert-OH is 1. The van der Waals surface area contributed by atoms with E-state index in [9.17, 15) is 5.11 Å². The van der Waals surface area contributed by atoms with E-state index < -0.39 is 6.10 Å². The van der Waals surface area contributed by atoms with E-state index in [0.29, 0.717) is 22.9 Å². The van der Waals surface area contributed by atoms with Gasteiger partial charge in [-0.15, -0.1) is 0 Å². The second kappa shape index (κ2) is 6.42. The molecular weight excluding hydrogens is 279 g/mol. The van der Waals surface area contributed by atoms with Crippen molar-refractivity contribution in [3.8, 4) is 0 Å². The van der Waals surface area contributed by atoms with Crippen LogP contribution < -0.4 is 0 Å². The molecule has 0 heterocycles. The summed E-state index contributed by atoms with van der Waals surface area (Å²) in [5.41, 5.74) is 3.24. The van der Waals surface area contributed by atoms with Crippen LogP contribution in [-0.2, 0) is 12.8 Å². The molecule has 1 unspecified atom stereocenters. The highest BCUT2D eigenvalue weighted by Gasteiger charge is 2.11. The second-order valence-corrected chi connectivity index (χ2v) is 5.57. The first-order valence-electron chi connectivity index (χ1n) is 6.23. The lowest BCUT2D eigenvalue weighted by molar-refractivity contribution is 0.175. The van der Waals surface area contributed by atoms with Crippen molar-refractivity contribution in [2.24, 2.45) is 0 Å². The summed E-state index contributed by atoms with van der Waals surface area (Å²) in [4.78, 5) is 0. The summed E-state index contributed by atoms with van der Waals surface area (Å²) in [5.74, 6) is 0. The molecule has 0 fully saturated rings. The van der Waals surface area contributed by atoms with Gasteiger partial charge in [0.05, 0.1) is 6.10 Å². The number of rotatable bonds is 4. The van der Waals surface area contributed by atoms with Crippen molar-refractivity contribution in [1.29, 1.82) is 0 Å². The number of aryl methyl sites for hydroxylation is 1. The van der Waals surface area contributed by atoms with E-state index in [2.05, 4.69) is 13.0 Å². The summed E-state index contributed by atoms with van der Waals surface area (Å²) >= 11 is 12.1. The fraction of sp³-hybridized carbons (Fsp3) is 0.250. The van der Waals surface area contributed by atoms with Crippen LogP contribution in [-0.4, -0.2) is 11.2 Å². The SMILES string of the molecule is Cc1ccccc1CC(O)Cc1cc(Cl)ccc1Cl.